The molecule has 14 heteroatoms. The highest BCUT2D eigenvalue weighted by molar-refractivity contribution is 6.25. The van der Waals surface area contributed by atoms with Crippen LogP contribution in [0.3, 0.4) is 0 Å². The number of aliphatic hydroxyl groups excluding tert-OH is 1. The van der Waals surface area contributed by atoms with Crippen molar-refractivity contribution in [2.24, 2.45) is 29.1 Å². The molecule has 1 N–H and O–H groups in total. The quantitative estimate of drug-likeness (QED) is 0.200. The molecule has 0 radical (unpaired) electrons. The van der Waals surface area contributed by atoms with Crippen LogP contribution >= 0.6 is 0 Å². The van der Waals surface area contributed by atoms with E-state index in [2.05, 4.69) is 0 Å². The summed E-state index contributed by atoms with van der Waals surface area (Å²) < 4.78 is 88.1. The van der Waals surface area contributed by atoms with Crippen molar-refractivity contribution in [2.45, 2.75) is 44.6 Å². The number of aliphatic hydroxyl groups is 1. The number of para-hydroxylation sites is 1. The summed E-state index contributed by atoms with van der Waals surface area (Å²) in [5, 5.41) is 9.72. The number of nitrogens with zero attached hydrogens (tertiary/aromatic N) is 2. The van der Waals surface area contributed by atoms with Gasteiger partial charge >= 0.3 is 12.4 Å². The predicted molar refractivity (Wildman–Crippen MR) is 155 cm³/mol. The molecule has 4 amide bonds. The summed E-state index contributed by atoms with van der Waals surface area (Å²) in [7, 11) is 0. The van der Waals surface area contributed by atoms with Crippen LogP contribution in [-0.4, -0.2) is 28.7 Å². The molecule has 6 atom stereocenters. The number of rotatable bonds is 4. The third-order valence-electron chi connectivity index (χ3n) is 10.2. The van der Waals surface area contributed by atoms with E-state index in [0.29, 0.717) is 28.3 Å². The van der Waals surface area contributed by atoms with Crippen LogP contribution in [0.5, 0.6) is 0 Å². The summed E-state index contributed by atoms with van der Waals surface area (Å²) in [4.78, 5) is 57.7. The molecule has 2 aromatic carbocycles. The van der Waals surface area contributed by atoms with Crippen LogP contribution in [0.15, 0.2) is 76.7 Å². The van der Waals surface area contributed by atoms with Gasteiger partial charge in [-0.2, -0.15) is 26.3 Å². The zero-order valence-electron chi connectivity index (χ0n) is 25.0. The number of allylic oxidation sites excluding steroid dienone is 2. The molecule has 1 aromatic heterocycles. The van der Waals surface area contributed by atoms with Gasteiger partial charge in [-0.1, -0.05) is 29.8 Å². The lowest BCUT2D eigenvalue weighted by Gasteiger charge is -2.48. The van der Waals surface area contributed by atoms with Gasteiger partial charge in [0.25, 0.3) is 0 Å². The molecule has 3 fully saturated rings. The first-order chi connectivity index (χ1) is 22.6. The minimum Gasteiger partial charge on any atom is -0.463 e. The molecule has 3 aromatic rings. The smallest absolute Gasteiger partial charge is 0.416 e. The minimum absolute atomic E-state index is 0.0843. The fraction of sp³-hybridized carbons (Fsp3) is 0.353. The van der Waals surface area contributed by atoms with Gasteiger partial charge in [0.05, 0.1) is 51.6 Å². The lowest BCUT2D eigenvalue weighted by Crippen LogP contribution is -2.48. The first-order valence-electron chi connectivity index (χ1n) is 15.1. The second-order valence-electron chi connectivity index (χ2n) is 12.7. The van der Waals surface area contributed by atoms with Crippen LogP contribution in [0.1, 0.15) is 48.3 Å². The first-order valence-corrected chi connectivity index (χ1v) is 15.1. The predicted octanol–water partition coefficient (Wildman–Crippen LogP) is 6.24. The van der Waals surface area contributed by atoms with Gasteiger partial charge in [-0.15, -0.1) is 0 Å². The van der Waals surface area contributed by atoms with E-state index in [1.165, 1.54) is 6.07 Å². The Labute approximate surface area is 268 Å². The average molecular weight is 673 g/mol. The number of alkyl halides is 6. The molecular formula is C34H26F6N2O6. The fourth-order valence-corrected chi connectivity index (χ4v) is 8.10. The highest BCUT2D eigenvalue weighted by Gasteiger charge is 2.68. The lowest BCUT2D eigenvalue weighted by atomic mass is 9.52. The molecule has 0 bridgehead atoms. The molecule has 1 saturated carbocycles. The van der Waals surface area contributed by atoms with Gasteiger partial charge in [-0.3, -0.25) is 19.2 Å². The van der Waals surface area contributed by atoms with E-state index in [4.69, 9.17) is 4.42 Å². The van der Waals surface area contributed by atoms with Gasteiger partial charge in [-0.25, -0.2) is 9.80 Å². The van der Waals surface area contributed by atoms with E-state index >= 15 is 0 Å². The van der Waals surface area contributed by atoms with E-state index in [9.17, 15) is 50.6 Å². The lowest BCUT2D eigenvalue weighted by molar-refractivity contribution is -0.143. The molecule has 3 heterocycles. The van der Waals surface area contributed by atoms with Crippen molar-refractivity contribution >= 4 is 35.0 Å². The number of amides is 4. The molecule has 2 saturated heterocycles. The van der Waals surface area contributed by atoms with Crippen LogP contribution < -0.4 is 9.80 Å². The molecule has 2 aliphatic heterocycles. The van der Waals surface area contributed by atoms with Crippen LogP contribution in [0.4, 0.5) is 37.7 Å². The number of fused-ring (bicyclic) bond motifs is 4. The normalized spacial score (nSPS) is 28.8. The highest BCUT2D eigenvalue weighted by atomic mass is 19.4. The Bertz CT molecular complexity index is 1870. The number of carbonyl (C=O) groups excluding carboxylic acids is 4. The summed E-state index contributed by atoms with van der Waals surface area (Å²) >= 11 is 0. The van der Waals surface area contributed by atoms with Crippen molar-refractivity contribution in [1.29, 1.82) is 0 Å². The van der Waals surface area contributed by atoms with Crippen molar-refractivity contribution in [3.63, 3.8) is 0 Å². The number of imide groups is 2. The fourth-order valence-electron chi connectivity index (χ4n) is 8.10. The van der Waals surface area contributed by atoms with Gasteiger partial charge < -0.3 is 9.52 Å². The zero-order valence-corrected chi connectivity index (χ0v) is 25.0. The first kappa shape index (κ1) is 31.9. The minimum atomic E-state index is -5.21. The maximum atomic E-state index is 14.3. The van der Waals surface area contributed by atoms with Gasteiger partial charge in [-0.05, 0) is 68.1 Å². The Kier molecular flexibility index (Phi) is 7.06. The number of hydrogen-bond donors (Lipinski definition) is 1. The van der Waals surface area contributed by atoms with E-state index in [0.717, 1.165) is 4.90 Å². The van der Waals surface area contributed by atoms with Crippen LogP contribution in [0.2, 0.25) is 0 Å². The average Bonchev–Trinajstić information content (AvgIpc) is 3.66. The van der Waals surface area contributed by atoms with Crippen molar-refractivity contribution in [3.05, 3.63) is 95.0 Å². The SMILES string of the molecule is C[C@@]12C(=O)N(c3ccccc3)C(=O)[C@@H]1C[C@@H]1C(=CC[C@@H]3C(=O)N(c4cc(C(F)(F)F)cc(C(F)(F)F)c4)C(=O)[C@@H]31)[C@@H]2c1ccc(CO)o1. The largest absolute Gasteiger partial charge is 0.463 e. The Morgan fingerprint density at radius 1 is 0.812 bits per heavy atom. The molecule has 4 aliphatic rings. The van der Waals surface area contributed by atoms with E-state index in [1.807, 2.05) is 0 Å². The molecular weight excluding hydrogens is 646 g/mol. The van der Waals surface area contributed by atoms with Crippen LogP contribution in [0, 0.1) is 29.1 Å². The Balaban J connectivity index is 1.34. The second kappa shape index (κ2) is 10.6. The molecule has 7 rings (SSSR count). The molecule has 250 valence electrons. The van der Waals surface area contributed by atoms with Gasteiger partial charge in [0, 0.05) is 0 Å². The van der Waals surface area contributed by atoms with Crippen LogP contribution in [0.25, 0.3) is 0 Å². The number of benzene rings is 2. The Hall–Kier alpha value is -4.72. The third-order valence-corrected chi connectivity index (χ3v) is 10.2. The molecule has 8 nitrogen and oxygen atoms in total. The van der Waals surface area contributed by atoms with E-state index < -0.39 is 94.4 Å². The third kappa shape index (κ3) is 4.55. The topological polar surface area (TPSA) is 108 Å². The maximum absolute atomic E-state index is 14.3. The van der Waals surface area contributed by atoms with E-state index in [1.54, 1.807) is 49.4 Å². The maximum Gasteiger partial charge on any atom is 0.416 e. The van der Waals surface area contributed by atoms with Crippen molar-refractivity contribution in [2.75, 3.05) is 9.80 Å². The summed E-state index contributed by atoms with van der Waals surface area (Å²) in [6.45, 7) is 1.15. The van der Waals surface area contributed by atoms with Crippen molar-refractivity contribution < 1.29 is 55.0 Å². The number of furan rings is 1. The van der Waals surface area contributed by atoms with Crippen molar-refractivity contribution in [1.82, 2.24) is 0 Å². The van der Waals surface area contributed by atoms with E-state index in [-0.39, 0.29) is 30.4 Å². The second-order valence-corrected chi connectivity index (χ2v) is 12.7. The number of hydrogen-bond acceptors (Lipinski definition) is 6. The summed E-state index contributed by atoms with van der Waals surface area (Å²) in [6, 6.07) is 11.8. The molecule has 0 spiro atoms. The Morgan fingerprint density at radius 3 is 2.04 bits per heavy atom. The van der Waals surface area contributed by atoms with Gasteiger partial charge in [0.1, 0.15) is 18.1 Å². The summed E-state index contributed by atoms with van der Waals surface area (Å²) in [5.41, 5.74) is -4.85. The summed E-state index contributed by atoms with van der Waals surface area (Å²) in [5.74, 6) is -7.92. The van der Waals surface area contributed by atoms with Crippen molar-refractivity contribution in [3.8, 4) is 0 Å². The highest BCUT2D eigenvalue weighted by Crippen LogP contribution is 2.64. The number of carbonyl (C=O) groups is 4. The standard InChI is InChI=1S/C34H26F6N2O6/c1-32-24(29(45)42(31(32)47)18-5-3-2-4-6-18)14-23-21(27(32)25-10-7-20(15-43)48-25)8-9-22-26(23)30(46)41(28(22)44)19-12-16(33(35,36)37)11-17(13-19)34(38,39)40/h2-8,10-13,22-24,26-27,43H,9,14-15H2,1H3/t22-,23+,24-,26-,27+,32+/m0/s1. The number of anilines is 2. The molecule has 0 unspecified atom stereocenters. The monoisotopic (exact) mass is 672 g/mol. The zero-order chi connectivity index (χ0) is 34.5. The molecule has 2 aliphatic carbocycles. The Morgan fingerprint density at radius 2 is 1.46 bits per heavy atom. The summed E-state index contributed by atoms with van der Waals surface area (Å²) in [6.07, 6.45) is -8.95. The van der Waals surface area contributed by atoms with Gasteiger partial charge in [0.2, 0.25) is 23.6 Å². The molecule has 48 heavy (non-hydrogen) atoms. The van der Waals surface area contributed by atoms with Crippen LogP contribution in [-0.2, 0) is 38.1 Å². The van der Waals surface area contributed by atoms with Gasteiger partial charge in [0.15, 0.2) is 0 Å². The number of halogens is 6.